The Kier molecular flexibility index (Phi) is 6.40. The summed E-state index contributed by atoms with van der Waals surface area (Å²) in [6.07, 6.45) is 2.13. The third kappa shape index (κ3) is 7.50. The van der Waals surface area contributed by atoms with Crippen LogP contribution in [0, 0.1) is 11.8 Å². The van der Waals surface area contributed by atoms with Gasteiger partial charge in [-0.15, -0.1) is 0 Å². The maximum atomic E-state index is 10.9. The molecule has 0 fully saturated rings. The van der Waals surface area contributed by atoms with Gasteiger partial charge in [0.25, 0.3) is 0 Å². The molecule has 0 atom stereocenters. The van der Waals surface area contributed by atoms with Crippen LogP contribution in [0.25, 0.3) is 0 Å². The number of aliphatic hydroxyl groups excluding tert-OH is 1. The molecule has 1 N–H and O–H groups in total. The van der Waals surface area contributed by atoms with E-state index in [-0.39, 0.29) is 12.4 Å². The lowest BCUT2D eigenvalue weighted by atomic mass is 10.2. The zero-order valence-electron chi connectivity index (χ0n) is 10.9. The first-order valence-corrected chi connectivity index (χ1v) is 8.07. The van der Waals surface area contributed by atoms with Crippen LogP contribution >= 0.6 is 0 Å². The van der Waals surface area contributed by atoms with Crippen LogP contribution in [-0.4, -0.2) is 38.7 Å². The van der Waals surface area contributed by atoms with Crippen molar-refractivity contribution in [3.8, 4) is 17.6 Å². The van der Waals surface area contributed by atoms with Crippen molar-refractivity contribution in [2.45, 2.75) is 12.8 Å². The number of benzene rings is 1. The summed E-state index contributed by atoms with van der Waals surface area (Å²) < 4.78 is 27.4. The van der Waals surface area contributed by atoms with Gasteiger partial charge in [0.2, 0.25) is 0 Å². The maximum Gasteiger partial charge on any atom is 0.147 e. The van der Waals surface area contributed by atoms with Crippen LogP contribution in [0.1, 0.15) is 18.4 Å². The second-order valence-electron chi connectivity index (χ2n) is 4.14. The van der Waals surface area contributed by atoms with E-state index in [2.05, 4.69) is 11.8 Å². The molecule has 5 heteroatoms. The molecule has 0 saturated carbocycles. The molecule has 0 unspecified atom stereocenters. The predicted octanol–water partition coefficient (Wildman–Crippen LogP) is 1.23. The molecule has 0 saturated heterocycles. The van der Waals surface area contributed by atoms with Gasteiger partial charge < -0.3 is 9.84 Å². The summed E-state index contributed by atoms with van der Waals surface area (Å²) in [5, 5.41) is 8.63. The van der Waals surface area contributed by atoms with Gasteiger partial charge in [0.05, 0.1) is 19.0 Å². The van der Waals surface area contributed by atoms with Crippen LogP contribution in [-0.2, 0) is 9.84 Å². The highest BCUT2D eigenvalue weighted by Gasteiger charge is 2.02. The summed E-state index contributed by atoms with van der Waals surface area (Å²) in [6, 6.07) is 7.28. The second-order valence-corrected chi connectivity index (χ2v) is 6.39. The van der Waals surface area contributed by atoms with E-state index in [1.165, 1.54) is 6.26 Å². The largest absolute Gasteiger partial charge is 0.494 e. The number of ether oxygens (including phenoxy) is 1. The average molecular weight is 282 g/mol. The number of hydrogen-bond donors (Lipinski definition) is 1. The van der Waals surface area contributed by atoms with E-state index in [1.807, 2.05) is 12.1 Å². The van der Waals surface area contributed by atoms with Gasteiger partial charge in [-0.3, -0.25) is 0 Å². The smallest absolute Gasteiger partial charge is 0.147 e. The minimum atomic E-state index is -2.93. The molecule has 0 aromatic heterocycles. The van der Waals surface area contributed by atoms with E-state index in [1.54, 1.807) is 12.1 Å². The van der Waals surface area contributed by atoms with Gasteiger partial charge in [-0.05, 0) is 24.6 Å². The fraction of sp³-hybridized carbons (Fsp3) is 0.429. The van der Waals surface area contributed by atoms with Crippen molar-refractivity contribution < 1.29 is 18.3 Å². The standard InChI is InChI=1S/C14H18O4S/c1-19(16,17)11-5-10-18-14-8-4-7-13(12-14)6-2-3-9-15/h4,7-8,12,15H,3,5,9-11H2,1H3. The predicted molar refractivity (Wildman–Crippen MR) is 74.8 cm³/mol. The lowest BCUT2D eigenvalue weighted by molar-refractivity contribution is 0.305. The second kappa shape index (κ2) is 7.82. The third-order valence-corrected chi connectivity index (χ3v) is 3.26. The van der Waals surface area contributed by atoms with Crippen molar-refractivity contribution in [3.05, 3.63) is 29.8 Å². The number of rotatable bonds is 6. The van der Waals surface area contributed by atoms with Gasteiger partial charge in [0.1, 0.15) is 15.6 Å². The van der Waals surface area contributed by atoms with Crippen molar-refractivity contribution in [3.63, 3.8) is 0 Å². The number of sulfone groups is 1. The summed E-state index contributed by atoms with van der Waals surface area (Å²) in [5.74, 6) is 6.54. The van der Waals surface area contributed by atoms with Gasteiger partial charge in [-0.1, -0.05) is 17.9 Å². The Bertz CT molecular complexity index is 552. The normalized spacial score (nSPS) is 10.6. The first-order valence-electron chi connectivity index (χ1n) is 6.01. The third-order valence-electron chi connectivity index (χ3n) is 2.23. The highest BCUT2D eigenvalue weighted by molar-refractivity contribution is 7.90. The van der Waals surface area contributed by atoms with Crippen LogP contribution in [0.2, 0.25) is 0 Å². The van der Waals surface area contributed by atoms with Gasteiger partial charge in [-0.25, -0.2) is 8.42 Å². The molecule has 0 heterocycles. The number of aliphatic hydroxyl groups is 1. The van der Waals surface area contributed by atoms with Gasteiger partial charge in [0.15, 0.2) is 0 Å². The van der Waals surface area contributed by atoms with Crippen molar-refractivity contribution in [1.29, 1.82) is 0 Å². The fourth-order valence-electron chi connectivity index (χ4n) is 1.40. The molecule has 0 aliphatic carbocycles. The molecule has 104 valence electrons. The first kappa shape index (κ1) is 15.5. The van der Waals surface area contributed by atoms with Crippen molar-refractivity contribution in [2.24, 2.45) is 0 Å². The fourth-order valence-corrected chi connectivity index (χ4v) is 2.04. The highest BCUT2D eigenvalue weighted by Crippen LogP contribution is 2.12. The Morgan fingerprint density at radius 2 is 2.16 bits per heavy atom. The Morgan fingerprint density at radius 3 is 2.84 bits per heavy atom. The monoisotopic (exact) mass is 282 g/mol. The zero-order valence-corrected chi connectivity index (χ0v) is 11.7. The van der Waals surface area contributed by atoms with E-state index in [4.69, 9.17) is 9.84 Å². The molecule has 0 radical (unpaired) electrons. The van der Waals surface area contributed by atoms with E-state index in [0.717, 1.165) is 5.56 Å². The Labute approximate surface area is 114 Å². The molecule has 1 aromatic rings. The molecule has 0 aliphatic rings. The van der Waals surface area contributed by atoms with E-state index in [0.29, 0.717) is 25.2 Å². The molecular weight excluding hydrogens is 264 g/mol. The highest BCUT2D eigenvalue weighted by atomic mass is 32.2. The van der Waals surface area contributed by atoms with E-state index in [9.17, 15) is 8.42 Å². The van der Waals surface area contributed by atoms with E-state index >= 15 is 0 Å². The van der Waals surface area contributed by atoms with Crippen LogP contribution in [0.15, 0.2) is 24.3 Å². The molecule has 1 rings (SSSR count). The van der Waals surface area contributed by atoms with Crippen molar-refractivity contribution >= 4 is 9.84 Å². The van der Waals surface area contributed by atoms with Crippen molar-refractivity contribution in [1.82, 2.24) is 0 Å². The molecule has 1 aromatic carbocycles. The topological polar surface area (TPSA) is 63.6 Å². The maximum absolute atomic E-state index is 10.9. The zero-order chi connectivity index (χ0) is 14.1. The van der Waals surface area contributed by atoms with Crippen LogP contribution in [0.3, 0.4) is 0 Å². The SMILES string of the molecule is CS(=O)(=O)CCCOc1cccc(C#CCCO)c1. The average Bonchev–Trinajstić information content (AvgIpc) is 2.35. The summed E-state index contributed by atoms with van der Waals surface area (Å²) >= 11 is 0. The van der Waals surface area contributed by atoms with Crippen LogP contribution in [0.5, 0.6) is 5.75 Å². The molecule has 0 spiro atoms. The molecule has 0 amide bonds. The molecular formula is C14H18O4S. The molecule has 19 heavy (non-hydrogen) atoms. The minimum absolute atomic E-state index is 0.0503. The summed E-state index contributed by atoms with van der Waals surface area (Å²) in [4.78, 5) is 0. The minimum Gasteiger partial charge on any atom is -0.494 e. The Hall–Kier alpha value is -1.51. The molecule has 0 aliphatic heterocycles. The summed E-state index contributed by atoms with van der Waals surface area (Å²) in [5.41, 5.74) is 0.814. The molecule has 0 bridgehead atoms. The lowest BCUT2D eigenvalue weighted by Crippen LogP contribution is -2.07. The van der Waals surface area contributed by atoms with Crippen molar-refractivity contribution in [2.75, 3.05) is 25.2 Å². The Morgan fingerprint density at radius 1 is 1.37 bits per heavy atom. The lowest BCUT2D eigenvalue weighted by Gasteiger charge is -2.05. The van der Waals surface area contributed by atoms with Crippen LogP contribution in [0.4, 0.5) is 0 Å². The Balaban J connectivity index is 2.47. The van der Waals surface area contributed by atoms with Crippen LogP contribution < -0.4 is 4.74 Å². The first-order chi connectivity index (χ1) is 9.01. The molecule has 4 nitrogen and oxygen atoms in total. The quantitative estimate of drug-likeness (QED) is 0.630. The number of hydrogen-bond acceptors (Lipinski definition) is 4. The van der Waals surface area contributed by atoms with E-state index < -0.39 is 9.84 Å². The summed E-state index contributed by atoms with van der Waals surface area (Å²) in [6.45, 7) is 0.412. The van der Waals surface area contributed by atoms with Gasteiger partial charge in [0, 0.05) is 18.2 Å². The van der Waals surface area contributed by atoms with Gasteiger partial charge in [-0.2, -0.15) is 0 Å². The summed E-state index contributed by atoms with van der Waals surface area (Å²) in [7, 11) is -2.93. The van der Waals surface area contributed by atoms with Gasteiger partial charge >= 0.3 is 0 Å².